The van der Waals surface area contributed by atoms with Gasteiger partial charge in [-0.25, -0.2) is 9.97 Å². The summed E-state index contributed by atoms with van der Waals surface area (Å²) in [5.41, 5.74) is 3.33. The first-order valence-electron chi connectivity index (χ1n) is 6.46. The molecular weight excluding hydrogens is 256 g/mol. The number of fused-ring (bicyclic) bond motifs is 1. The number of aromatic nitrogens is 5. The van der Waals surface area contributed by atoms with Crippen molar-refractivity contribution in [1.82, 2.24) is 24.7 Å². The smallest absolute Gasteiger partial charge is 0.297 e. The number of aromatic amines is 1. The van der Waals surface area contributed by atoms with Crippen molar-refractivity contribution >= 4 is 6.01 Å². The summed E-state index contributed by atoms with van der Waals surface area (Å²) in [6.45, 7) is 1.51. The Kier molecular flexibility index (Phi) is 2.38. The highest BCUT2D eigenvalue weighted by Gasteiger charge is 2.31. The number of H-pyrrole nitrogens is 1. The molecule has 7 nitrogen and oxygen atoms in total. The number of hydrogen-bond acceptors (Lipinski definition) is 5. The SMILES string of the molecule is Cn1cc(C2CN(c3ncco3)Cc3[nH]cnc32)cn1. The minimum Gasteiger partial charge on any atom is -0.432 e. The van der Waals surface area contributed by atoms with Crippen LogP contribution in [0, 0.1) is 0 Å². The van der Waals surface area contributed by atoms with Gasteiger partial charge in [0.25, 0.3) is 6.01 Å². The predicted octanol–water partition coefficient (Wildman–Crippen LogP) is 1.28. The maximum Gasteiger partial charge on any atom is 0.297 e. The first-order valence-corrected chi connectivity index (χ1v) is 6.46. The third-order valence-corrected chi connectivity index (χ3v) is 3.65. The Bertz CT molecular complexity index is 713. The molecule has 1 atom stereocenters. The molecule has 3 aromatic heterocycles. The Balaban J connectivity index is 1.75. The van der Waals surface area contributed by atoms with Crippen molar-refractivity contribution < 1.29 is 4.42 Å². The van der Waals surface area contributed by atoms with Crippen LogP contribution >= 0.6 is 0 Å². The van der Waals surface area contributed by atoms with Gasteiger partial charge in [-0.2, -0.15) is 5.10 Å². The van der Waals surface area contributed by atoms with Gasteiger partial charge in [0, 0.05) is 31.3 Å². The highest BCUT2D eigenvalue weighted by atomic mass is 16.4. The van der Waals surface area contributed by atoms with E-state index in [9.17, 15) is 0 Å². The van der Waals surface area contributed by atoms with E-state index in [-0.39, 0.29) is 5.92 Å². The van der Waals surface area contributed by atoms with Crippen LogP contribution in [0.2, 0.25) is 0 Å². The summed E-state index contributed by atoms with van der Waals surface area (Å²) in [6, 6.07) is 0.638. The zero-order valence-electron chi connectivity index (χ0n) is 11.0. The molecule has 1 N–H and O–H groups in total. The van der Waals surface area contributed by atoms with Crippen molar-refractivity contribution in [3.05, 3.63) is 48.1 Å². The van der Waals surface area contributed by atoms with Crippen LogP contribution in [0.3, 0.4) is 0 Å². The number of imidazole rings is 1. The summed E-state index contributed by atoms with van der Waals surface area (Å²) >= 11 is 0. The van der Waals surface area contributed by atoms with Crippen molar-refractivity contribution in [2.24, 2.45) is 7.05 Å². The lowest BCUT2D eigenvalue weighted by Gasteiger charge is -2.30. The molecule has 3 aromatic rings. The molecule has 0 aliphatic carbocycles. The molecule has 0 bridgehead atoms. The van der Waals surface area contributed by atoms with E-state index in [2.05, 4.69) is 25.0 Å². The summed E-state index contributed by atoms with van der Waals surface area (Å²) < 4.78 is 7.22. The molecule has 102 valence electrons. The van der Waals surface area contributed by atoms with Gasteiger partial charge in [0.05, 0.1) is 36.7 Å². The molecule has 0 spiro atoms. The van der Waals surface area contributed by atoms with Gasteiger partial charge in [0.15, 0.2) is 0 Å². The van der Waals surface area contributed by atoms with Gasteiger partial charge in [-0.3, -0.25) is 4.68 Å². The molecule has 0 fully saturated rings. The van der Waals surface area contributed by atoms with Crippen molar-refractivity contribution in [1.29, 1.82) is 0 Å². The van der Waals surface area contributed by atoms with Crippen LogP contribution in [0.5, 0.6) is 0 Å². The molecule has 4 rings (SSSR count). The number of nitrogens with one attached hydrogen (secondary N) is 1. The summed E-state index contributed by atoms with van der Waals surface area (Å²) in [4.78, 5) is 14.0. The van der Waals surface area contributed by atoms with Crippen LogP contribution in [-0.2, 0) is 13.6 Å². The summed E-state index contributed by atoms with van der Waals surface area (Å²) in [7, 11) is 1.92. The molecule has 4 heterocycles. The van der Waals surface area contributed by atoms with E-state index in [1.165, 1.54) is 0 Å². The first kappa shape index (κ1) is 11.3. The zero-order valence-corrected chi connectivity index (χ0v) is 11.0. The lowest BCUT2D eigenvalue weighted by Crippen LogP contribution is -2.34. The van der Waals surface area contributed by atoms with Crippen molar-refractivity contribution in [2.45, 2.75) is 12.5 Å². The Morgan fingerprint density at radius 3 is 3.10 bits per heavy atom. The molecule has 7 heteroatoms. The molecule has 1 aliphatic rings. The third kappa shape index (κ3) is 1.70. The topological polar surface area (TPSA) is 75.8 Å². The number of oxazole rings is 1. The van der Waals surface area contributed by atoms with E-state index in [0.29, 0.717) is 6.01 Å². The van der Waals surface area contributed by atoms with E-state index in [4.69, 9.17) is 4.42 Å². The second-order valence-electron chi connectivity index (χ2n) is 4.96. The van der Waals surface area contributed by atoms with Crippen LogP contribution in [0.15, 0.2) is 35.6 Å². The number of hydrogen-bond donors (Lipinski definition) is 1. The van der Waals surface area contributed by atoms with E-state index < -0.39 is 0 Å². The molecule has 20 heavy (non-hydrogen) atoms. The second-order valence-corrected chi connectivity index (χ2v) is 4.96. The Labute approximate surface area is 115 Å². The zero-order chi connectivity index (χ0) is 13.5. The Morgan fingerprint density at radius 1 is 1.40 bits per heavy atom. The molecule has 0 saturated carbocycles. The van der Waals surface area contributed by atoms with Gasteiger partial charge in [0.1, 0.15) is 6.26 Å². The molecule has 0 radical (unpaired) electrons. The quantitative estimate of drug-likeness (QED) is 0.759. The highest BCUT2D eigenvalue weighted by Crippen LogP contribution is 2.33. The fraction of sp³-hybridized carbons (Fsp3) is 0.308. The van der Waals surface area contributed by atoms with Crippen LogP contribution < -0.4 is 4.90 Å². The van der Waals surface area contributed by atoms with Gasteiger partial charge in [-0.15, -0.1) is 0 Å². The summed E-state index contributed by atoms with van der Waals surface area (Å²) in [5.74, 6) is 0.172. The number of nitrogens with zero attached hydrogens (tertiary/aromatic N) is 5. The van der Waals surface area contributed by atoms with E-state index in [0.717, 1.165) is 30.0 Å². The number of anilines is 1. The fourth-order valence-electron chi connectivity index (χ4n) is 2.72. The number of rotatable bonds is 2. The normalized spacial score (nSPS) is 18.2. The molecule has 1 aliphatic heterocycles. The summed E-state index contributed by atoms with van der Waals surface area (Å²) in [5, 5.41) is 4.26. The average Bonchev–Trinajstić information content (AvgIpc) is 3.18. The van der Waals surface area contributed by atoms with Gasteiger partial charge in [-0.05, 0) is 0 Å². The average molecular weight is 270 g/mol. The van der Waals surface area contributed by atoms with Gasteiger partial charge >= 0.3 is 0 Å². The first-order chi connectivity index (χ1) is 9.81. The largest absolute Gasteiger partial charge is 0.432 e. The van der Waals surface area contributed by atoms with Crippen molar-refractivity contribution in [3.63, 3.8) is 0 Å². The lowest BCUT2D eigenvalue weighted by atomic mass is 9.93. The van der Waals surface area contributed by atoms with Crippen LogP contribution in [0.4, 0.5) is 6.01 Å². The Morgan fingerprint density at radius 2 is 2.35 bits per heavy atom. The van der Waals surface area contributed by atoms with Crippen molar-refractivity contribution in [2.75, 3.05) is 11.4 Å². The minimum absolute atomic E-state index is 0.172. The van der Waals surface area contributed by atoms with Crippen LogP contribution in [0.1, 0.15) is 22.9 Å². The lowest BCUT2D eigenvalue weighted by molar-refractivity contribution is 0.510. The van der Waals surface area contributed by atoms with Gasteiger partial charge in [0.2, 0.25) is 0 Å². The second kappa shape index (κ2) is 4.22. The monoisotopic (exact) mass is 270 g/mol. The van der Waals surface area contributed by atoms with E-state index in [1.54, 1.807) is 18.8 Å². The highest BCUT2D eigenvalue weighted by molar-refractivity contribution is 5.39. The van der Waals surface area contributed by atoms with Crippen LogP contribution in [0.25, 0.3) is 0 Å². The maximum atomic E-state index is 5.41. The maximum absolute atomic E-state index is 5.41. The molecule has 0 saturated heterocycles. The standard InChI is InChI=1S/C13H14N6O/c1-18-5-9(4-17-18)10-6-19(13-14-2-3-20-13)7-11-12(10)16-8-15-11/h2-5,8,10H,6-7H2,1H3,(H,15,16). The minimum atomic E-state index is 0.172. The molecule has 1 unspecified atom stereocenters. The fourth-order valence-corrected chi connectivity index (χ4v) is 2.72. The molecular formula is C13H14N6O. The Hall–Kier alpha value is -2.57. The molecule has 0 aromatic carbocycles. The van der Waals surface area contributed by atoms with Gasteiger partial charge < -0.3 is 14.3 Å². The molecule has 0 amide bonds. The van der Waals surface area contributed by atoms with E-state index >= 15 is 0 Å². The van der Waals surface area contributed by atoms with Gasteiger partial charge in [-0.1, -0.05) is 0 Å². The van der Waals surface area contributed by atoms with Crippen LogP contribution in [-0.4, -0.2) is 31.3 Å². The van der Waals surface area contributed by atoms with E-state index in [1.807, 2.05) is 24.1 Å². The number of aryl methyl sites for hydroxylation is 1. The van der Waals surface area contributed by atoms with Crippen molar-refractivity contribution in [3.8, 4) is 0 Å². The third-order valence-electron chi connectivity index (χ3n) is 3.65. The summed E-state index contributed by atoms with van der Waals surface area (Å²) in [6.07, 6.45) is 8.92. The predicted molar refractivity (Wildman–Crippen MR) is 71.2 cm³/mol.